The Labute approximate surface area is 154 Å². The van der Waals surface area contributed by atoms with Crippen molar-refractivity contribution in [2.45, 2.75) is 13.8 Å². The van der Waals surface area contributed by atoms with Crippen LogP contribution in [0.25, 0.3) is 0 Å². The van der Waals surface area contributed by atoms with Gasteiger partial charge in [-0.15, -0.1) is 0 Å². The van der Waals surface area contributed by atoms with E-state index >= 15 is 0 Å². The highest BCUT2D eigenvalue weighted by molar-refractivity contribution is 5.93. The van der Waals surface area contributed by atoms with Gasteiger partial charge in [-0.3, -0.25) is 9.59 Å². The molecule has 1 unspecified atom stereocenters. The number of carbonyl (C=O) groups excluding carboxylic acids is 2. The third-order valence-electron chi connectivity index (χ3n) is 3.98. The van der Waals surface area contributed by atoms with Crippen LogP contribution in [-0.4, -0.2) is 38.6 Å². The zero-order valence-electron chi connectivity index (χ0n) is 15.5. The number of hydrogen-bond donors (Lipinski definition) is 3. The van der Waals surface area contributed by atoms with Crippen LogP contribution in [0.1, 0.15) is 12.5 Å². The summed E-state index contributed by atoms with van der Waals surface area (Å²) in [5.74, 6) is 0.431. The van der Waals surface area contributed by atoms with Gasteiger partial charge >= 0.3 is 0 Å². The first-order valence-electron chi connectivity index (χ1n) is 8.64. The summed E-state index contributed by atoms with van der Waals surface area (Å²) in [5.41, 5.74) is 2.53. The molecule has 0 aliphatic heterocycles. The minimum absolute atomic E-state index is 0.110. The second-order valence-corrected chi connectivity index (χ2v) is 6.15. The molecule has 0 radical (unpaired) electrons. The van der Waals surface area contributed by atoms with Gasteiger partial charge in [0.15, 0.2) is 13.1 Å². The lowest BCUT2D eigenvalue weighted by Crippen LogP contribution is -3.13. The van der Waals surface area contributed by atoms with Gasteiger partial charge < -0.3 is 20.3 Å². The van der Waals surface area contributed by atoms with Gasteiger partial charge in [0.1, 0.15) is 5.75 Å². The van der Waals surface area contributed by atoms with Crippen molar-refractivity contribution in [3.8, 4) is 5.75 Å². The Kier molecular flexibility index (Phi) is 7.17. The predicted octanol–water partition coefficient (Wildman–Crippen LogP) is 1.49. The van der Waals surface area contributed by atoms with Crippen LogP contribution in [0, 0.1) is 6.92 Å². The number of aryl methyl sites for hydroxylation is 1. The zero-order chi connectivity index (χ0) is 18.9. The van der Waals surface area contributed by atoms with Crippen molar-refractivity contribution in [2.75, 3.05) is 37.4 Å². The van der Waals surface area contributed by atoms with Gasteiger partial charge in [-0.1, -0.05) is 18.2 Å². The summed E-state index contributed by atoms with van der Waals surface area (Å²) >= 11 is 0. The van der Waals surface area contributed by atoms with Crippen LogP contribution in [-0.2, 0) is 9.59 Å². The van der Waals surface area contributed by atoms with Gasteiger partial charge in [0.2, 0.25) is 0 Å². The Bertz CT molecular complexity index is 761. The fourth-order valence-electron chi connectivity index (χ4n) is 2.60. The lowest BCUT2D eigenvalue weighted by atomic mass is 10.2. The van der Waals surface area contributed by atoms with E-state index in [1.54, 1.807) is 19.2 Å². The second-order valence-electron chi connectivity index (χ2n) is 6.15. The van der Waals surface area contributed by atoms with Gasteiger partial charge in [-0.25, -0.2) is 0 Å². The molecule has 0 aliphatic carbocycles. The summed E-state index contributed by atoms with van der Waals surface area (Å²) in [4.78, 5) is 25.4. The smallest absolute Gasteiger partial charge is 0.279 e. The molecule has 0 heterocycles. The maximum absolute atomic E-state index is 12.3. The summed E-state index contributed by atoms with van der Waals surface area (Å²) in [7, 11) is 1.58. The van der Waals surface area contributed by atoms with Crippen molar-refractivity contribution in [3.63, 3.8) is 0 Å². The van der Waals surface area contributed by atoms with Gasteiger partial charge in [-0.05, 0) is 43.7 Å². The highest BCUT2D eigenvalue weighted by Crippen LogP contribution is 2.16. The molecule has 0 saturated carbocycles. The highest BCUT2D eigenvalue weighted by atomic mass is 16.5. The first kappa shape index (κ1) is 19.5. The van der Waals surface area contributed by atoms with E-state index in [1.807, 2.05) is 50.2 Å². The lowest BCUT2D eigenvalue weighted by molar-refractivity contribution is -0.881. The summed E-state index contributed by atoms with van der Waals surface area (Å²) in [6.45, 7) is 5.05. The number of benzene rings is 2. The number of ether oxygens (including phenoxy) is 1. The predicted molar refractivity (Wildman–Crippen MR) is 103 cm³/mol. The number of quaternary nitrogens is 1. The number of rotatable bonds is 8. The molecule has 3 N–H and O–H groups in total. The van der Waals surface area contributed by atoms with Gasteiger partial charge in [0.25, 0.3) is 11.8 Å². The topological polar surface area (TPSA) is 71.9 Å². The summed E-state index contributed by atoms with van der Waals surface area (Å²) in [6, 6.07) is 14.8. The van der Waals surface area contributed by atoms with Gasteiger partial charge in [-0.2, -0.15) is 0 Å². The zero-order valence-corrected chi connectivity index (χ0v) is 15.5. The quantitative estimate of drug-likeness (QED) is 0.671. The molecule has 2 aromatic carbocycles. The van der Waals surface area contributed by atoms with Crippen LogP contribution in [0.5, 0.6) is 5.75 Å². The normalized spacial score (nSPS) is 11.5. The van der Waals surface area contributed by atoms with E-state index in [0.717, 1.165) is 16.2 Å². The standard InChI is InChI=1S/C20H25N3O3/c1-4-23(13-19(24)21-16-8-5-7-15(2)11-16)14-20(25)22-17-9-6-10-18(12-17)26-3/h5-12H,4,13-14H2,1-3H3,(H,21,24)(H,22,25)/p+1. The monoisotopic (exact) mass is 356 g/mol. The van der Waals surface area contributed by atoms with Crippen LogP contribution in [0.15, 0.2) is 48.5 Å². The molecule has 0 aromatic heterocycles. The van der Waals surface area contributed by atoms with E-state index in [1.165, 1.54) is 0 Å². The Morgan fingerprint density at radius 3 is 2.08 bits per heavy atom. The largest absolute Gasteiger partial charge is 0.497 e. The molecule has 2 aromatic rings. The number of hydrogen-bond acceptors (Lipinski definition) is 3. The molecular formula is C20H26N3O3+. The SMILES string of the molecule is CC[NH+](CC(=O)Nc1cccc(C)c1)CC(=O)Nc1cccc(OC)c1. The third kappa shape index (κ3) is 6.22. The van der Waals surface area contributed by atoms with E-state index in [4.69, 9.17) is 4.74 Å². The average molecular weight is 356 g/mol. The van der Waals surface area contributed by atoms with Crippen LogP contribution in [0.2, 0.25) is 0 Å². The molecule has 0 spiro atoms. The Morgan fingerprint density at radius 1 is 0.962 bits per heavy atom. The number of methoxy groups -OCH3 is 1. The third-order valence-corrected chi connectivity index (χ3v) is 3.98. The highest BCUT2D eigenvalue weighted by Gasteiger charge is 2.17. The molecule has 138 valence electrons. The molecule has 1 atom stereocenters. The minimum atomic E-state index is -0.140. The van der Waals surface area contributed by atoms with Crippen LogP contribution in [0.4, 0.5) is 11.4 Å². The Hall–Kier alpha value is -2.86. The fraction of sp³-hybridized carbons (Fsp3) is 0.300. The molecule has 26 heavy (non-hydrogen) atoms. The fourth-order valence-corrected chi connectivity index (χ4v) is 2.60. The molecule has 0 saturated heterocycles. The van der Waals surface area contributed by atoms with Crippen molar-refractivity contribution >= 4 is 23.2 Å². The number of amides is 2. The van der Waals surface area contributed by atoms with E-state index in [9.17, 15) is 9.59 Å². The van der Waals surface area contributed by atoms with Crippen LogP contribution in [0.3, 0.4) is 0 Å². The minimum Gasteiger partial charge on any atom is -0.497 e. The molecule has 6 heteroatoms. The summed E-state index contributed by atoms with van der Waals surface area (Å²) in [6.07, 6.45) is 0. The molecule has 2 amide bonds. The van der Waals surface area contributed by atoms with Crippen molar-refractivity contribution in [2.24, 2.45) is 0 Å². The molecular weight excluding hydrogens is 330 g/mol. The Morgan fingerprint density at radius 2 is 1.54 bits per heavy atom. The van der Waals surface area contributed by atoms with E-state index < -0.39 is 0 Å². The molecule has 6 nitrogen and oxygen atoms in total. The van der Waals surface area contributed by atoms with Crippen molar-refractivity contribution in [1.29, 1.82) is 0 Å². The van der Waals surface area contributed by atoms with Crippen molar-refractivity contribution < 1.29 is 19.2 Å². The summed E-state index contributed by atoms with van der Waals surface area (Å²) in [5, 5.41) is 5.72. The van der Waals surface area contributed by atoms with E-state index in [2.05, 4.69) is 10.6 Å². The van der Waals surface area contributed by atoms with Crippen molar-refractivity contribution in [3.05, 3.63) is 54.1 Å². The van der Waals surface area contributed by atoms with Gasteiger partial charge in [0, 0.05) is 17.4 Å². The molecule has 2 rings (SSSR count). The van der Waals surface area contributed by atoms with Crippen molar-refractivity contribution in [1.82, 2.24) is 0 Å². The lowest BCUT2D eigenvalue weighted by Gasteiger charge is -2.17. The molecule has 0 aliphatic rings. The maximum Gasteiger partial charge on any atom is 0.279 e. The Balaban J connectivity index is 1.87. The summed E-state index contributed by atoms with van der Waals surface area (Å²) < 4.78 is 5.15. The van der Waals surface area contributed by atoms with E-state index in [0.29, 0.717) is 18.0 Å². The molecule has 0 fully saturated rings. The van der Waals surface area contributed by atoms with Crippen LogP contribution < -0.4 is 20.3 Å². The van der Waals surface area contributed by atoms with Crippen LogP contribution >= 0.6 is 0 Å². The van der Waals surface area contributed by atoms with Gasteiger partial charge in [0.05, 0.1) is 13.7 Å². The number of carbonyl (C=O) groups is 2. The maximum atomic E-state index is 12.3. The number of nitrogens with one attached hydrogen (secondary N) is 3. The second kappa shape index (κ2) is 9.58. The molecule has 0 bridgehead atoms. The first-order chi connectivity index (χ1) is 12.5. The number of anilines is 2. The average Bonchev–Trinajstić information content (AvgIpc) is 2.61. The van der Waals surface area contributed by atoms with E-state index in [-0.39, 0.29) is 24.9 Å². The number of likely N-dealkylation sites (N-methyl/N-ethyl adjacent to an activating group) is 1. The first-order valence-corrected chi connectivity index (χ1v) is 8.64.